The Morgan fingerprint density at radius 2 is 1.94 bits per heavy atom. The van der Waals surface area contributed by atoms with E-state index >= 15 is 0 Å². The number of aromatic nitrogens is 2. The maximum absolute atomic E-state index is 13.9. The average Bonchev–Trinajstić information content (AvgIpc) is 3.37. The van der Waals surface area contributed by atoms with Crippen molar-refractivity contribution in [1.82, 2.24) is 14.5 Å². The average molecular weight is 466 g/mol. The lowest BCUT2D eigenvalue weighted by molar-refractivity contribution is -0.104. The third-order valence-corrected chi connectivity index (χ3v) is 5.96. The van der Waals surface area contributed by atoms with E-state index < -0.39 is 17.4 Å². The number of oxime groups is 1. The van der Waals surface area contributed by atoms with Crippen LogP contribution in [0.4, 0.5) is 8.78 Å². The summed E-state index contributed by atoms with van der Waals surface area (Å²) < 4.78 is 41.5. The first-order valence-corrected chi connectivity index (χ1v) is 10.8. The molecule has 0 unspecified atom stereocenters. The van der Waals surface area contributed by atoms with E-state index in [4.69, 9.17) is 14.3 Å². The Kier molecular flexibility index (Phi) is 5.27. The summed E-state index contributed by atoms with van der Waals surface area (Å²) in [6.45, 7) is 6.01. The molecule has 2 atom stereocenters. The third kappa shape index (κ3) is 3.76. The van der Waals surface area contributed by atoms with Crippen LogP contribution in [-0.2, 0) is 15.3 Å². The number of benzene rings is 2. The monoisotopic (exact) mass is 466 g/mol. The van der Waals surface area contributed by atoms with Crippen LogP contribution in [0.1, 0.15) is 30.7 Å². The van der Waals surface area contributed by atoms with Crippen LogP contribution in [-0.4, -0.2) is 40.0 Å². The fraction of sp³-hybridized carbons (Fsp3) is 0.280. The minimum atomic E-state index is -1.17. The van der Waals surface area contributed by atoms with Crippen LogP contribution < -0.4 is 4.74 Å². The van der Waals surface area contributed by atoms with Crippen molar-refractivity contribution in [2.45, 2.75) is 32.6 Å². The summed E-state index contributed by atoms with van der Waals surface area (Å²) in [5.74, 6) is 0.263. The van der Waals surface area contributed by atoms with Crippen LogP contribution >= 0.6 is 0 Å². The van der Waals surface area contributed by atoms with Crippen molar-refractivity contribution >= 4 is 11.9 Å². The maximum atomic E-state index is 13.9. The summed E-state index contributed by atoms with van der Waals surface area (Å²) in [5, 5.41) is 4.23. The van der Waals surface area contributed by atoms with E-state index in [0.29, 0.717) is 29.5 Å². The summed E-state index contributed by atoms with van der Waals surface area (Å²) in [7, 11) is 1.61. The molecule has 0 aliphatic carbocycles. The first kappa shape index (κ1) is 21.9. The number of fused-ring (bicyclic) bond motifs is 1. The fourth-order valence-corrected chi connectivity index (χ4v) is 4.27. The van der Waals surface area contributed by atoms with Gasteiger partial charge in [-0.15, -0.1) is 0 Å². The molecule has 1 aromatic heterocycles. The van der Waals surface area contributed by atoms with Gasteiger partial charge in [0.2, 0.25) is 11.6 Å². The zero-order valence-corrected chi connectivity index (χ0v) is 19.3. The molecule has 3 aromatic rings. The van der Waals surface area contributed by atoms with E-state index in [-0.39, 0.29) is 6.10 Å². The number of hydrogen-bond donors (Lipinski definition) is 0. The van der Waals surface area contributed by atoms with Gasteiger partial charge in [0.15, 0.2) is 5.76 Å². The second kappa shape index (κ2) is 8.16. The van der Waals surface area contributed by atoms with Crippen molar-refractivity contribution in [1.29, 1.82) is 0 Å². The molecule has 3 heterocycles. The molecule has 0 bridgehead atoms. The number of nitrogens with zero attached hydrogens (tertiary/aromatic N) is 4. The minimum absolute atomic E-state index is 0.209. The molecule has 0 amide bonds. The molecule has 0 N–H and O–H groups in total. The number of hydrogen-bond acceptors (Lipinski definition) is 6. The summed E-state index contributed by atoms with van der Waals surface area (Å²) in [6.07, 6.45) is 5.28. The van der Waals surface area contributed by atoms with Crippen LogP contribution in [0.15, 0.2) is 59.8 Å². The van der Waals surface area contributed by atoms with E-state index in [0.717, 1.165) is 23.0 Å². The smallest absolute Gasteiger partial charge is 0.234 e. The van der Waals surface area contributed by atoms with E-state index in [1.54, 1.807) is 20.4 Å². The number of rotatable bonds is 4. The van der Waals surface area contributed by atoms with E-state index in [1.165, 1.54) is 12.1 Å². The summed E-state index contributed by atoms with van der Waals surface area (Å²) in [5.41, 5.74) is 1.75. The minimum Gasteiger partial charge on any atom is -0.495 e. The van der Waals surface area contributed by atoms with E-state index in [2.05, 4.69) is 10.1 Å². The predicted octanol–water partition coefficient (Wildman–Crippen LogP) is 4.75. The van der Waals surface area contributed by atoms with Crippen LogP contribution in [0.5, 0.6) is 5.75 Å². The number of amidine groups is 1. The number of imidazole rings is 1. The molecule has 176 valence electrons. The first-order chi connectivity index (χ1) is 16.3. The molecule has 2 aliphatic rings. The highest BCUT2D eigenvalue weighted by Crippen LogP contribution is 2.40. The van der Waals surface area contributed by atoms with Crippen molar-refractivity contribution < 1.29 is 23.1 Å². The lowest BCUT2D eigenvalue weighted by atomic mass is 10.0. The Labute approximate surface area is 195 Å². The molecule has 2 aromatic carbocycles. The quantitative estimate of drug-likeness (QED) is 0.556. The molecule has 34 heavy (non-hydrogen) atoms. The number of ether oxygens (including phenoxy) is 2. The van der Waals surface area contributed by atoms with Crippen molar-refractivity contribution in [3.8, 4) is 11.4 Å². The summed E-state index contributed by atoms with van der Waals surface area (Å²) in [4.78, 5) is 11.9. The van der Waals surface area contributed by atoms with Gasteiger partial charge in [-0.1, -0.05) is 11.2 Å². The van der Waals surface area contributed by atoms with Gasteiger partial charge in [-0.3, -0.25) is 0 Å². The Hall–Kier alpha value is -3.88. The molecule has 9 heteroatoms. The highest BCUT2D eigenvalue weighted by Gasteiger charge is 2.48. The highest BCUT2D eigenvalue weighted by atomic mass is 19.1. The van der Waals surface area contributed by atoms with Gasteiger partial charge in [0.05, 0.1) is 31.4 Å². The zero-order valence-electron chi connectivity index (χ0n) is 19.3. The number of halogens is 2. The third-order valence-electron chi connectivity index (χ3n) is 5.96. The normalized spacial score (nSPS) is 22.8. The first-order valence-electron chi connectivity index (χ1n) is 10.8. The lowest BCUT2D eigenvalue weighted by Crippen LogP contribution is -2.51. The van der Waals surface area contributed by atoms with Crippen LogP contribution in [0.25, 0.3) is 11.8 Å². The molecule has 2 aliphatic heterocycles. The molecular formula is C25H24F2N4O3. The second-order valence-corrected chi connectivity index (χ2v) is 8.55. The molecule has 1 saturated heterocycles. The van der Waals surface area contributed by atoms with Crippen molar-refractivity contribution in [3.05, 3.63) is 83.1 Å². The van der Waals surface area contributed by atoms with Crippen molar-refractivity contribution in [3.63, 3.8) is 0 Å². The van der Waals surface area contributed by atoms with Gasteiger partial charge < -0.3 is 23.8 Å². The van der Waals surface area contributed by atoms with Crippen LogP contribution in [0.3, 0.4) is 0 Å². The van der Waals surface area contributed by atoms with Gasteiger partial charge in [0.1, 0.15) is 23.5 Å². The topological polar surface area (TPSA) is 61.1 Å². The number of methoxy groups -OCH3 is 1. The van der Waals surface area contributed by atoms with E-state index in [9.17, 15) is 8.78 Å². The van der Waals surface area contributed by atoms with E-state index in [1.807, 2.05) is 53.8 Å². The second-order valence-electron chi connectivity index (χ2n) is 8.55. The van der Waals surface area contributed by atoms with Gasteiger partial charge in [0, 0.05) is 24.8 Å². The molecule has 1 fully saturated rings. The SMILES string of the molecule is COc1cc(C=C2O[C@@H](C)CN3C2=NO[C@@]3(C)c2cc(F)cc(F)c2)ccc1-n1cnc(C)c1. The molecular weight excluding hydrogens is 442 g/mol. The van der Waals surface area contributed by atoms with Crippen LogP contribution in [0, 0.1) is 18.6 Å². The standard InChI is InChI=1S/C25H24F2N4O3/c1-15-12-30(14-28-15)21-6-5-17(7-22(21)32-4)8-23-24-29-34-25(3,31(24)13-16(2)33-23)18-9-19(26)11-20(27)10-18/h5-12,14,16H,13H2,1-4H3/t16-,25-/m0/s1. The Bertz CT molecular complexity index is 1300. The fourth-order valence-electron chi connectivity index (χ4n) is 4.27. The van der Waals surface area contributed by atoms with Gasteiger partial charge in [-0.2, -0.15) is 0 Å². The van der Waals surface area contributed by atoms with Gasteiger partial charge >= 0.3 is 0 Å². The molecule has 5 rings (SSSR count). The maximum Gasteiger partial charge on any atom is 0.234 e. The summed E-state index contributed by atoms with van der Waals surface area (Å²) >= 11 is 0. The van der Waals surface area contributed by atoms with Crippen molar-refractivity contribution in [2.75, 3.05) is 13.7 Å². The predicted molar refractivity (Wildman–Crippen MR) is 122 cm³/mol. The molecule has 0 spiro atoms. The largest absolute Gasteiger partial charge is 0.495 e. The number of aryl methyl sites for hydroxylation is 1. The Morgan fingerprint density at radius 1 is 1.18 bits per heavy atom. The van der Waals surface area contributed by atoms with Gasteiger partial charge in [0.25, 0.3) is 0 Å². The Balaban J connectivity index is 1.50. The number of morpholine rings is 1. The zero-order chi connectivity index (χ0) is 24.0. The molecule has 0 saturated carbocycles. The van der Waals surface area contributed by atoms with Crippen LogP contribution in [0.2, 0.25) is 0 Å². The van der Waals surface area contributed by atoms with Gasteiger partial charge in [-0.05, 0) is 49.8 Å². The highest BCUT2D eigenvalue weighted by molar-refractivity contribution is 6.01. The summed E-state index contributed by atoms with van der Waals surface area (Å²) in [6, 6.07) is 9.10. The molecule has 7 nitrogen and oxygen atoms in total. The molecule has 0 radical (unpaired) electrons. The lowest BCUT2D eigenvalue weighted by Gasteiger charge is -2.39. The van der Waals surface area contributed by atoms with Gasteiger partial charge in [-0.25, -0.2) is 13.8 Å². The van der Waals surface area contributed by atoms with Crippen molar-refractivity contribution in [2.24, 2.45) is 5.16 Å². The Morgan fingerprint density at radius 3 is 2.62 bits per heavy atom.